The zero-order chi connectivity index (χ0) is 15.4. The molecule has 1 heterocycles. The number of hydrogen-bond donors (Lipinski definition) is 1. The number of carbonyl (C=O) groups excluding carboxylic acids is 1. The molecule has 0 saturated carbocycles. The molecule has 2 rings (SSSR count). The van der Waals surface area contributed by atoms with E-state index < -0.39 is 10.8 Å². The molecule has 1 aromatic heterocycles. The molecule has 1 N–H and O–H groups in total. The molecule has 1 atom stereocenters. The van der Waals surface area contributed by atoms with Gasteiger partial charge >= 0.3 is 0 Å². The Kier molecular flexibility index (Phi) is 4.49. The summed E-state index contributed by atoms with van der Waals surface area (Å²) in [6, 6.07) is 9.14. The fraction of sp³-hybridized carbons (Fsp3) is 0.143. The van der Waals surface area contributed by atoms with Crippen LogP contribution in [0.5, 0.6) is 0 Å². The molecule has 0 fully saturated rings. The number of nitro benzene ring substituents is 1. The van der Waals surface area contributed by atoms with Crippen molar-refractivity contribution in [2.45, 2.75) is 13.0 Å². The van der Waals surface area contributed by atoms with Crippen molar-refractivity contribution >= 4 is 23.2 Å². The van der Waals surface area contributed by atoms with E-state index in [1.165, 1.54) is 18.2 Å². The largest absolute Gasteiger partial charge is 0.344 e. The van der Waals surface area contributed by atoms with E-state index in [1.807, 2.05) is 6.07 Å². The second kappa shape index (κ2) is 6.32. The number of pyridine rings is 1. The summed E-state index contributed by atoms with van der Waals surface area (Å²) in [5.74, 6) is -0.484. The lowest BCUT2D eigenvalue weighted by atomic mass is 10.1. The number of hydrogen-bond acceptors (Lipinski definition) is 4. The van der Waals surface area contributed by atoms with Gasteiger partial charge in [0.15, 0.2) is 0 Å². The predicted molar refractivity (Wildman–Crippen MR) is 78.2 cm³/mol. The van der Waals surface area contributed by atoms with E-state index in [2.05, 4.69) is 10.3 Å². The van der Waals surface area contributed by atoms with E-state index in [9.17, 15) is 14.9 Å². The van der Waals surface area contributed by atoms with Gasteiger partial charge in [0.25, 0.3) is 11.6 Å². The summed E-state index contributed by atoms with van der Waals surface area (Å²) in [6.07, 6.45) is 1.62. The van der Waals surface area contributed by atoms with Crippen LogP contribution in [0.1, 0.15) is 29.0 Å². The Morgan fingerprint density at radius 1 is 1.33 bits per heavy atom. The van der Waals surface area contributed by atoms with Gasteiger partial charge in [-0.05, 0) is 25.1 Å². The quantitative estimate of drug-likeness (QED) is 0.694. The van der Waals surface area contributed by atoms with Gasteiger partial charge < -0.3 is 5.32 Å². The number of aromatic nitrogens is 1. The van der Waals surface area contributed by atoms with Crippen LogP contribution < -0.4 is 5.32 Å². The Hall–Kier alpha value is -2.47. The Morgan fingerprint density at radius 3 is 2.71 bits per heavy atom. The summed E-state index contributed by atoms with van der Waals surface area (Å²) in [7, 11) is 0. The molecule has 0 bridgehead atoms. The average Bonchev–Trinajstić information content (AvgIpc) is 2.47. The highest BCUT2D eigenvalue weighted by atomic mass is 35.5. The Bertz CT molecular complexity index is 676. The molecule has 0 saturated heterocycles. The highest BCUT2D eigenvalue weighted by molar-refractivity contribution is 6.35. The second-order valence-electron chi connectivity index (χ2n) is 4.35. The van der Waals surface area contributed by atoms with Gasteiger partial charge in [0.1, 0.15) is 5.02 Å². The molecule has 0 spiro atoms. The predicted octanol–water partition coefficient (Wildman–Crippen LogP) is 3.13. The molecule has 0 aliphatic rings. The van der Waals surface area contributed by atoms with Crippen molar-refractivity contribution in [3.05, 3.63) is 69.0 Å². The minimum atomic E-state index is -0.624. The maximum absolute atomic E-state index is 12.2. The van der Waals surface area contributed by atoms with Crippen LogP contribution in [0, 0.1) is 10.1 Å². The van der Waals surface area contributed by atoms with Crippen molar-refractivity contribution in [2.75, 3.05) is 0 Å². The normalized spacial score (nSPS) is 11.7. The monoisotopic (exact) mass is 305 g/mol. The van der Waals surface area contributed by atoms with Crippen LogP contribution in [0.25, 0.3) is 0 Å². The van der Waals surface area contributed by atoms with Gasteiger partial charge in [0.2, 0.25) is 0 Å². The lowest BCUT2D eigenvalue weighted by Gasteiger charge is -2.13. The second-order valence-corrected chi connectivity index (χ2v) is 4.72. The lowest BCUT2D eigenvalue weighted by molar-refractivity contribution is -0.384. The maximum atomic E-state index is 12.2. The lowest BCUT2D eigenvalue weighted by Crippen LogP contribution is -2.27. The zero-order valence-electron chi connectivity index (χ0n) is 11.1. The van der Waals surface area contributed by atoms with Crippen molar-refractivity contribution in [2.24, 2.45) is 0 Å². The topological polar surface area (TPSA) is 85.1 Å². The fourth-order valence-corrected chi connectivity index (χ4v) is 2.10. The maximum Gasteiger partial charge on any atom is 0.288 e. The van der Waals surface area contributed by atoms with E-state index in [-0.39, 0.29) is 22.3 Å². The molecular weight excluding hydrogens is 294 g/mol. The summed E-state index contributed by atoms with van der Waals surface area (Å²) < 4.78 is 0. The minimum absolute atomic E-state index is 0.0636. The van der Waals surface area contributed by atoms with E-state index in [4.69, 9.17) is 11.6 Å². The summed E-state index contributed by atoms with van der Waals surface area (Å²) in [5, 5.41) is 13.4. The van der Waals surface area contributed by atoms with E-state index in [0.29, 0.717) is 5.69 Å². The Morgan fingerprint density at radius 2 is 2.10 bits per heavy atom. The van der Waals surface area contributed by atoms with Gasteiger partial charge in [-0.1, -0.05) is 23.7 Å². The Balaban J connectivity index is 2.22. The van der Waals surface area contributed by atoms with Crippen molar-refractivity contribution in [3.63, 3.8) is 0 Å². The molecule has 2 aromatic rings. The number of rotatable bonds is 4. The molecule has 6 nitrogen and oxygen atoms in total. The molecule has 1 unspecified atom stereocenters. The number of nitrogens with one attached hydrogen (secondary N) is 1. The van der Waals surface area contributed by atoms with Crippen LogP contribution in [0.2, 0.25) is 5.02 Å². The number of carbonyl (C=O) groups is 1. The van der Waals surface area contributed by atoms with Crippen LogP contribution in [-0.4, -0.2) is 15.8 Å². The fourth-order valence-electron chi connectivity index (χ4n) is 1.82. The van der Waals surface area contributed by atoms with Crippen molar-refractivity contribution in [3.8, 4) is 0 Å². The standard InChI is InChI=1S/C14H12ClN3O3/c1-9(11-6-2-3-8-16-11)17-14(19)10-5-4-7-12(13(10)15)18(20)21/h2-9H,1H3,(H,17,19). The number of amides is 1. The first-order valence-corrected chi connectivity index (χ1v) is 6.53. The van der Waals surface area contributed by atoms with Crippen LogP contribution >= 0.6 is 11.6 Å². The zero-order valence-corrected chi connectivity index (χ0v) is 11.9. The first-order chi connectivity index (χ1) is 10.0. The molecule has 0 radical (unpaired) electrons. The van der Waals surface area contributed by atoms with Gasteiger partial charge in [0, 0.05) is 12.3 Å². The van der Waals surface area contributed by atoms with E-state index >= 15 is 0 Å². The van der Waals surface area contributed by atoms with E-state index in [1.54, 1.807) is 25.3 Å². The van der Waals surface area contributed by atoms with Crippen LogP contribution in [0.4, 0.5) is 5.69 Å². The Labute approximate surface area is 125 Å². The number of nitro groups is 1. The van der Waals surface area contributed by atoms with Gasteiger partial charge in [-0.3, -0.25) is 19.9 Å². The minimum Gasteiger partial charge on any atom is -0.344 e. The highest BCUT2D eigenvalue weighted by Crippen LogP contribution is 2.28. The third-order valence-electron chi connectivity index (χ3n) is 2.90. The smallest absolute Gasteiger partial charge is 0.288 e. The van der Waals surface area contributed by atoms with Crippen LogP contribution in [0.3, 0.4) is 0 Å². The van der Waals surface area contributed by atoms with Gasteiger partial charge in [-0.25, -0.2) is 0 Å². The summed E-state index contributed by atoms with van der Waals surface area (Å²) >= 11 is 5.91. The summed E-state index contributed by atoms with van der Waals surface area (Å²) in [6.45, 7) is 1.77. The molecule has 1 amide bonds. The third kappa shape index (κ3) is 3.35. The van der Waals surface area contributed by atoms with Crippen molar-refractivity contribution < 1.29 is 9.72 Å². The molecule has 7 heteroatoms. The van der Waals surface area contributed by atoms with Gasteiger partial charge in [-0.15, -0.1) is 0 Å². The number of benzene rings is 1. The van der Waals surface area contributed by atoms with E-state index in [0.717, 1.165) is 0 Å². The molecule has 21 heavy (non-hydrogen) atoms. The van der Waals surface area contributed by atoms with Crippen molar-refractivity contribution in [1.82, 2.24) is 10.3 Å². The molecule has 0 aliphatic carbocycles. The average molecular weight is 306 g/mol. The summed E-state index contributed by atoms with van der Waals surface area (Å²) in [4.78, 5) is 26.5. The molecule has 1 aromatic carbocycles. The van der Waals surface area contributed by atoms with Crippen LogP contribution in [0.15, 0.2) is 42.6 Å². The molecule has 108 valence electrons. The molecule has 0 aliphatic heterocycles. The van der Waals surface area contributed by atoms with Gasteiger partial charge in [0.05, 0.1) is 22.2 Å². The number of halogens is 1. The first kappa shape index (κ1) is 14.9. The van der Waals surface area contributed by atoms with Crippen molar-refractivity contribution in [1.29, 1.82) is 0 Å². The SMILES string of the molecule is CC(NC(=O)c1cccc([N+](=O)[O-])c1Cl)c1ccccn1. The van der Waals surface area contributed by atoms with Gasteiger partial charge in [-0.2, -0.15) is 0 Å². The highest BCUT2D eigenvalue weighted by Gasteiger charge is 2.21. The summed E-state index contributed by atoms with van der Waals surface area (Å²) in [5.41, 5.74) is 0.454. The van der Waals surface area contributed by atoms with Crippen LogP contribution in [-0.2, 0) is 0 Å². The third-order valence-corrected chi connectivity index (χ3v) is 3.30. The number of nitrogens with zero attached hydrogens (tertiary/aromatic N) is 2. The first-order valence-electron chi connectivity index (χ1n) is 6.15. The molecular formula is C14H12ClN3O3.